The average molecular weight is 479 g/mol. The summed E-state index contributed by atoms with van der Waals surface area (Å²) in [6.07, 6.45) is 1.46. The molecule has 1 aliphatic rings. The molecule has 8 nitrogen and oxygen atoms in total. The standard InChI is InChI=1S/C28H17NO7/c30-24-13-18(25-20-6-2-1-4-16(20)8-10-23(25)36-24)15-35-28(33)17-7-9-21-22(12-17)27(32)29(26(21)31)14-19-5-3-11-34-19/h1-13H,14-15H2. The number of hydrogen-bond acceptors (Lipinski definition) is 7. The van der Waals surface area contributed by atoms with Gasteiger partial charge in [0, 0.05) is 17.0 Å². The second-order valence-electron chi connectivity index (χ2n) is 8.36. The van der Waals surface area contributed by atoms with Crippen LogP contribution in [0.2, 0.25) is 0 Å². The normalized spacial score (nSPS) is 12.9. The first kappa shape index (κ1) is 21.5. The Morgan fingerprint density at radius 3 is 2.53 bits per heavy atom. The van der Waals surface area contributed by atoms with Gasteiger partial charge in [0.05, 0.1) is 29.5 Å². The van der Waals surface area contributed by atoms with Crippen molar-refractivity contribution in [3.8, 4) is 0 Å². The minimum atomic E-state index is -0.691. The fourth-order valence-corrected chi connectivity index (χ4v) is 4.48. The van der Waals surface area contributed by atoms with Gasteiger partial charge in [-0.3, -0.25) is 14.5 Å². The summed E-state index contributed by atoms with van der Waals surface area (Å²) in [7, 11) is 0. The van der Waals surface area contributed by atoms with Gasteiger partial charge in [-0.15, -0.1) is 0 Å². The Labute approximate surface area is 203 Å². The number of esters is 1. The fourth-order valence-electron chi connectivity index (χ4n) is 4.48. The molecule has 3 aromatic carbocycles. The van der Waals surface area contributed by atoms with Gasteiger partial charge in [-0.2, -0.15) is 0 Å². The van der Waals surface area contributed by atoms with Crippen molar-refractivity contribution in [2.24, 2.45) is 0 Å². The first-order valence-electron chi connectivity index (χ1n) is 11.1. The number of hydrogen-bond donors (Lipinski definition) is 0. The molecule has 0 saturated carbocycles. The summed E-state index contributed by atoms with van der Waals surface area (Å²) >= 11 is 0. The molecule has 0 N–H and O–H groups in total. The minimum Gasteiger partial charge on any atom is -0.467 e. The molecule has 0 saturated heterocycles. The lowest BCUT2D eigenvalue weighted by atomic mass is 10.0. The van der Waals surface area contributed by atoms with Crippen LogP contribution in [0, 0.1) is 0 Å². The zero-order valence-electron chi connectivity index (χ0n) is 18.7. The maximum absolute atomic E-state index is 12.9. The Bertz CT molecular complexity index is 1750. The molecular weight excluding hydrogens is 462 g/mol. The van der Waals surface area contributed by atoms with Crippen LogP contribution in [0.5, 0.6) is 0 Å². The van der Waals surface area contributed by atoms with Gasteiger partial charge in [0.2, 0.25) is 0 Å². The minimum absolute atomic E-state index is 0.00323. The molecule has 0 aliphatic carbocycles. The lowest BCUT2D eigenvalue weighted by molar-refractivity contribution is 0.0473. The fraction of sp³-hybridized carbons (Fsp3) is 0.0714. The Hall–Kier alpha value is -4.98. The van der Waals surface area contributed by atoms with Crippen molar-refractivity contribution >= 4 is 39.5 Å². The lowest BCUT2D eigenvalue weighted by Gasteiger charge is -2.11. The Morgan fingerprint density at radius 1 is 0.861 bits per heavy atom. The highest BCUT2D eigenvalue weighted by atomic mass is 16.5. The zero-order chi connectivity index (χ0) is 24.8. The van der Waals surface area contributed by atoms with Crippen LogP contribution >= 0.6 is 0 Å². The number of furan rings is 1. The van der Waals surface area contributed by atoms with Crippen LogP contribution in [-0.4, -0.2) is 22.7 Å². The molecule has 0 fully saturated rings. The van der Waals surface area contributed by atoms with Crippen molar-refractivity contribution in [2.45, 2.75) is 13.2 Å². The van der Waals surface area contributed by atoms with Gasteiger partial charge in [-0.1, -0.05) is 30.3 Å². The van der Waals surface area contributed by atoms with Gasteiger partial charge < -0.3 is 13.6 Å². The molecular formula is C28H17NO7. The molecule has 0 radical (unpaired) electrons. The lowest BCUT2D eigenvalue weighted by Crippen LogP contribution is -2.28. The molecule has 36 heavy (non-hydrogen) atoms. The number of rotatable bonds is 5. The number of amides is 2. The highest BCUT2D eigenvalue weighted by molar-refractivity contribution is 6.21. The molecule has 0 atom stereocenters. The SMILES string of the molecule is O=C(OCc1cc(=O)oc2ccc3ccccc3c12)c1ccc2c(c1)C(=O)N(Cc1ccco1)C2=O. The third-order valence-electron chi connectivity index (χ3n) is 6.17. The number of fused-ring (bicyclic) bond motifs is 4. The molecule has 1 aliphatic heterocycles. The van der Waals surface area contributed by atoms with Crippen LogP contribution in [0.1, 0.15) is 42.4 Å². The quantitative estimate of drug-likeness (QED) is 0.156. The molecule has 3 heterocycles. The number of carbonyl (C=O) groups is 3. The van der Waals surface area contributed by atoms with E-state index in [0.717, 1.165) is 15.7 Å². The highest BCUT2D eigenvalue weighted by Crippen LogP contribution is 2.29. The topological polar surface area (TPSA) is 107 Å². The van der Waals surface area contributed by atoms with Crippen LogP contribution in [0.4, 0.5) is 0 Å². The van der Waals surface area contributed by atoms with Crippen LogP contribution in [0.15, 0.2) is 92.7 Å². The molecule has 6 rings (SSSR count). The van der Waals surface area contributed by atoms with E-state index in [4.69, 9.17) is 13.6 Å². The summed E-state index contributed by atoms with van der Waals surface area (Å²) in [4.78, 5) is 51.6. The van der Waals surface area contributed by atoms with E-state index in [9.17, 15) is 19.2 Å². The van der Waals surface area contributed by atoms with Crippen molar-refractivity contribution in [3.05, 3.63) is 117 Å². The summed E-state index contributed by atoms with van der Waals surface area (Å²) in [5.41, 5.74) is 0.794. The predicted octanol–water partition coefficient (Wildman–Crippen LogP) is 4.69. The summed E-state index contributed by atoms with van der Waals surface area (Å²) in [5, 5.41) is 2.50. The first-order valence-corrected chi connectivity index (χ1v) is 11.1. The number of carbonyl (C=O) groups excluding carboxylic acids is 3. The van der Waals surface area contributed by atoms with Crippen molar-refractivity contribution < 1.29 is 28.0 Å². The molecule has 2 aromatic heterocycles. The van der Waals surface area contributed by atoms with Crippen molar-refractivity contribution in [2.75, 3.05) is 0 Å². The van der Waals surface area contributed by atoms with E-state index >= 15 is 0 Å². The van der Waals surface area contributed by atoms with Gasteiger partial charge in [0.15, 0.2) is 0 Å². The van der Waals surface area contributed by atoms with Gasteiger partial charge in [0.1, 0.15) is 18.0 Å². The molecule has 2 amide bonds. The van der Waals surface area contributed by atoms with E-state index in [0.29, 0.717) is 22.3 Å². The van der Waals surface area contributed by atoms with Gasteiger partial charge >= 0.3 is 11.6 Å². The Morgan fingerprint density at radius 2 is 1.69 bits per heavy atom. The Kier molecular flexibility index (Phi) is 5.00. The van der Waals surface area contributed by atoms with E-state index in [1.807, 2.05) is 30.3 Å². The molecule has 8 heteroatoms. The smallest absolute Gasteiger partial charge is 0.338 e. The second-order valence-corrected chi connectivity index (χ2v) is 8.36. The maximum Gasteiger partial charge on any atom is 0.338 e. The number of benzene rings is 3. The van der Waals surface area contributed by atoms with Gasteiger partial charge in [-0.25, -0.2) is 9.59 Å². The Balaban J connectivity index is 1.27. The molecule has 176 valence electrons. The van der Waals surface area contributed by atoms with E-state index in [-0.39, 0.29) is 29.8 Å². The summed E-state index contributed by atoms with van der Waals surface area (Å²) in [6, 6.07) is 20.1. The molecule has 5 aromatic rings. The van der Waals surface area contributed by atoms with Gasteiger partial charge in [-0.05, 0) is 47.2 Å². The van der Waals surface area contributed by atoms with Crippen molar-refractivity contribution in [1.29, 1.82) is 0 Å². The van der Waals surface area contributed by atoms with Gasteiger partial charge in [0.25, 0.3) is 11.8 Å². The largest absolute Gasteiger partial charge is 0.467 e. The maximum atomic E-state index is 12.9. The zero-order valence-corrected chi connectivity index (χ0v) is 18.7. The number of imide groups is 1. The second kappa shape index (κ2) is 8.35. The van der Waals surface area contributed by atoms with Crippen molar-refractivity contribution in [1.82, 2.24) is 4.90 Å². The van der Waals surface area contributed by atoms with E-state index in [2.05, 4.69) is 0 Å². The monoisotopic (exact) mass is 479 g/mol. The summed E-state index contributed by atoms with van der Waals surface area (Å²) < 4.78 is 16.1. The highest BCUT2D eigenvalue weighted by Gasteiger charge is 2.36. The average Bonchev–Trinajstić information content (AvgIpc) is 3.49. The predicted molar refractivity (Wildman–Crippen MR) is 128 cm³/mol. The van der Waals surface area contributed by atoms with Crippen LogP contribution in [-0.2, 0) is 17.9 Å². The molecule has 0 spiro atoms. The van der Waals surface area contributed by atoms with Crippen LogP contribution in [0.25, 0.3) is 21.7 Å². The molecule has 0 bridgehead atoms. The molecule has 0 unspecified atom stereocenters. The van der Waals surface area contributed by atoms with E-state index in [1.54, 1.807) is 18.2 Å². The third-order valence-corrected chi connectivity index (χ3v) is 6.17. The third kappa shape index (κ3) is 3.56. The summed E-state index contributed by atoms with van der Waals surface area (Å²) in [5.74, 6) is -1.19. The van der Waals surface area contributed by atoms with Crippen LogP contribution < -0.4 is 5.63 Å². The first-order chi connectivity index (χ1) is 17.5. The number of nitrogens with zero attached hydrogens (tertiary/aromatic N) is 1. The van der Waals surface area contributed by atoms with Crippen molar-refractivity contribution in [3.63, 3.8) is 0 Å². The van der Waals surface area contributed by atoms with E-state index in [1.165, 1.54) is 30.5 Å². The van der Waals surface area contributed by atoms with Crippen LogP contribution in [0.3, 0.4) is 0 Å². The summed E-state index contributed by atoms with van der Waals surface area (Å²) in [6.45, 7) is -0.180. The number of ether oxygens (including phenoxy) is 1. The van der Waals surface area contributed by atoms with E-state index < -0.39 is 23.4 Å².